The fourth-order valence-corrected chi connectivity index (χ4v) is 1.80. The van der Waals surface area contributed by atoms with E-state index in [2.05, 4.69) is 15.0 Å². The Kier molecular flexibility index (Phi) is 2.43. The third-order valence-corrected chi connectivity index (χ3v) is 2.57. The number of thioether (sulfide) groups is 1. The quantitative estimate of drug-likeness (QED) is 0.458. The molecule has 2 heterocycles. The van der Waals surface area contributed by atoms with E-state index in [1.165, 1.54) is 11.8 Å². The highest BCUT2D eigenvalue weighted by molar-refractivity contribution is 7.98. The zero-order chi connectivity index (χ0) is 10.1. The summed E-state index contributed by atoms with van der Waals surface area (Å²) in [7, 11) is 0. The molecule has 2 rings (SSSR count). The minimum absolute atomic E-state index is 0.256. The second-order valence-corrected chi connectivity index (χ2v) is 3.77. The monoisotopic (exact) mass is 226 g/mol. The molecule has 72 valence electrons. The molecule has 0 aromatic carbocycles. The Hall–Kier alpha value is -1.07. The fraction of sp³-hybridized carbons (Fsp3) is 0.125. The van der Waals surface area contributed by atoms with Gasteiger partial charge in [0.2, 0.25) is 5.95 Å². The molecule has 0 aliphatic heterocycles. The van der Waals surface area contributed by atoms with Gasteiger partial charge in [0, 0.05) is 0 Å². The standard InChI is InChI=1S/C8H7ClN4S/c1-14-7-6-4(11-8(10)13-7)2-3-5(9)12-6/h2-3H,1H3,(H2,10,11,13). The van der Waals surface area contributed by atoms with E-state index in [0.29, 0.717) is 16.2 Å². The van der Waals surface area contributed by atoms with Crippen LogP contribution in [0.1, 0.15) is 0 Å². The van der Waals surface area contributed by atoms with E-state index >= 15 is 0 Å². The summed E-state index contributed by atoms with van der Waals surface area (Å²) < 4.78 is 0. The summed E-state index contributed by atoms with van der Waals surface area (Å²) >= 11 is 7.25. The first-order valence-electron chi connectivity index (χ1n) is 3.84. The number of aromatic nitrogens is 3. The molecule has 14 heavy (non-hydrogen) atoms. The van der Waals surface area contributed by atoms with E-state index in [4.69, 9.17) is 17.3 Å². The topological polar surface area (TPSA) is 64.7 Å². The predicted molar refractivity (Wildman–Crippen MR) is 58.5 cm³/mol. The van der Waals surface area contributed by atoms with Gasteiger partial charge in [-0.05, 0) is 18.4 Å². The minimum atomic E-state index is 0.256. The van der Waals surface area contributed by atoms with Crippen LogP contribution >= 0.6 is 23.4 Å². The number of halogens is 1. The molecule has 4 nitrogen and oxygen atoms in total. The van der Waals surface area contributed by atoms with E-state index in [0.717, 1.165) is 5.03 Å². The Morgan fingerprint density at radius 3 is 2.79 bits per heavy atom. The Balaban J connectivity index is 2.81. The summed E-state index contributed by atoms with van der Waals surface area (Å²) in [4.78, 5) is 12.3. The lowest BCUT2D eigenvalue weighted by atomic mass is 10.4. The predicted octanol–water partition coefficient (Wildman–Crippen LogP) is 1.98. The van der Waals surface area contributed by atoms with E-state index in [9.17, 15) is 0 Å². The number of fused-ring (bicyclic) bond motifs is 1. The summed E-state index contributed by atoms with van der Waals surface area (Å²) in [5, 5.41) is 1.18. The molecule has 2 aromatic rings. The van der Waals surface area contributed by atoms with Crippen LogP contribution in [0.2, 0.25) is 5.15 Å². The van der Waals surface area contributed by atoms with Crippen molar-refractivity contribution in [2.45, 2.75) is 5.03 Å². The maximum absolute atomic E-state index is 5.78. The van der Waals surface area contributed by atoms with Crippen molar-refractivity contribution in [3.63, 3.8) is 0 Å². The summed E-state index contributed by atoms with van der Waals surface area (Å²) in [5.41, 5.74) is 6.95. The summed E-state index contributed by atoms with van der Waals surface area (Å²) in [6.45, 7) is 0. The summed E-state index contributed by atoms with van der Waals surface area (Å²) in [6.07, 6.45) is 1.91. The second kappa shape index (κ2) is 3.59. The maximum atomic E-state index is 5.78. The lowest BCUT2D eigenvalue weighted by molar-refractivity contribution is 1.10. The molecule has 0 aliphatic rings. The van der Waals surface area contributed by atoms with Crippen molar-refractivity contribution in [2.24, 2.45) is 0 Å². The lowest BCUT2D eigenvalue weighted by Crippen LogP contribution is -1.98. The average Bonchev–Trinajstić information content (AvgIpc) is 2.17. The molecule has 0 spiro atoms. The van der Waals surface area contributed by atoms with Crippen LogP contribution in [0, 0.1) is 0 Å². The number of nitrogen functional groups attached to an aromatic ring is 1. The largest absolute Gasteiger partial charge is 0.368 e. The molecule has 0 bridgehead atoms. The Morgan fingerprint density at radius 2 is 2.07 bits per heavy atom. The molecule has 2 N–H and O–H groups in total. The normalized spacial score (nSPS) is 10.7. The van der Waals surface area contributed by atoms with Gasteiger partial charge >= 0.3 is 0 Å². The number of nitrogens with zero attached hydrogens (tertiary/aromatic N) is 3. The maximum Gasteiger partial charge on any atom is 0.221 e. The zero-order valence-corrected chi connectivity index (χ0v) is 8.93. The lowest BCUT2D eigenvalue weighted by Gasteiger charge is -2.02. The first kappa shape index (κ1) is 9.48. The van der Waals surface area contributed by atoms with Crippen molar-refractivity contribution >= 4 is 40.3 Å². The highest BCUT2D eigenvalue weighted by atomic mass is 35.5. The molecule has 0 saturated heterocycles. The molecule has 6 heteroatoms. The van der Waals surface area contributed by atoms with Crippen molar-refractivity contribution in [2.75, 3.05) is 12.0 Å². The third-order valence-electron chi connectivity index (χ3n) is 1.69. The summed E-state index contributed by atoms with van der Waals surface area (Å²) in [5.74, 6) is 0.256. The Labute approximate surface area is 89.9 Å². The van der Waals surface area contributed by atoms with Gasteiger partial charge in [-0.3, -0.25) is 0 Å². The molecule has 0 fully saturated rings. The molecule has 2 aromatic heterocycles. The molecule has 0 radical (unpaired) electrons. The van der Waals surface area contributed by atoms with Crippen LogP contribution in [0.15, 0.2) is 17.2 Å². The van der Waals surface area contributed by atoms with Gasteiger partial charge in [-0.2, -0.15) is 0 Å². The van der Waals surface area contributed by atoms with Crippen LogP contribution in [0.3, 0.4) is 0 Å². The van der Waals surface area contributed by atoms with Crippen molar-refractivity contribution < 1.29 is 0 Å². The van der Waals surface area contributed by atoms with Crippen molar-refractivity contribution in [1.82, 2.24) is 15.0 Å². The third kappa shape index (κ3) is 1.60. The summed E-state index contributed by atoms with van der Waals surface area (Å²) in [6, 6.07) is 3.46. The molecular formula is C8H7ClN4S. The first-order valence-corrected chi connectivity index (χ1v) is 5.45. The number of pyridine rings is 1. The van der Waals surface area contributed by atoms with Crippen LogP contribution in [0.5, 0.6) is 0 Å². The SMILES string of the molecule is CSc1nc(N)nc2ccc(Cl)nc12. The molecule has 0 aliphatic carbocycles. The highest BCUT2D eigenvalue weighted by Gasteiger charge is 2.06. The van der Waals surface area contributed by atoms with E-state index in [1.54, 1.807) is 12.1 Å². The van der Waals surface area contributed by atoms with E-state index < -0.39 is 0 Å². The van der Waals surface area contributed by atoms with Gasteiger partial charge in [-0.1, -0.05) is 11.6 Å². The van der Waals surface area contributed by atoms with Crippen molar-refractivity contribution in [1.29, 1.82) is 0 Å². The highest BCUT2D eigenvalue weighted by Crippen LogP contribution is 2.23. The zero-order valence-electron chi connectivity index (χ0n) is 7.36. The van der Waals surface area contributed by atoms with Crippen molar-refractivity contribution in [3.05, 3.63) is 17.3 Å². The van der Waals surface area contributed by atoms with Gasteiger partial charge in [0.25, 0.3) is 0 Å². The number of nitrogens with two attached hydrogens (primary N) is 1. The fourth-order valence-electron chi connectivity index (χ4n) is 1.12. The van der Waals surface area contributed by atoms with Crippen LogP contribution in [-0.4, -0.2) is 21.2 Å². The molecule has 0 saturated carbocycles. The second-order valence-electron chi connectivity index (χ2n) is 2.59. The smallest absolute Gasteiger partial charge is 0.221 e. The van der Waals surface area contributed by atoms with Gasteiger partial charge in [-0.15, -0.1) is 11.8 Å². The van der Waals surface area contributed by atoms with E-state index in [-0.39, 0.29) is 5.95 Å². The first-order chi connectivity index (χ1) is 6.70. The van der Waals surface area contributed by atoms with Gasteiger partial charge in [0.05, 0.1) is 5.52 Å². The van der Waals surface area contributed by atoms with Gasteiger partial charge in [0.15, 0.2) is 0 Å². The van der Waals surface area contributed by atoms with Gasteiger partial charge < -0.3 is 5.73 Å². The number of hydrogen-bond donors (Lipinski definition) is 1. The molecule has 0 atom stereocenters. The molecule has 0 unspecified atom stereocenters. The number of rotatable bonds is 1. The van der Waals surface area contributed by atoms with Crippen LogP contribution in [0.25, 0.3) is 11.0 Å². The molecule has 0 amide bonds. The average molecular weight is 227 g/mol. The van der Waals surface area contributed by atoms with Crippen molar-refractivity contribution in [3.8, 4) is 0 Å². The van der Waals surface area contributed by atoms with Crippen LogP contribution < -0.4 is 5.73 Å². The van der Waals surface area contributed by atoms with Gasteiger partial charge in [0.1, 0.15) is 15.7 Å². The number of anilines is 1. The molecular weight excluding hydrogens is 220 g/mol. The Morgan fingerprint density at radius 1 is 1.29 bits per heavy atom. The van der Waals surface area contributed by atoms with E-state index in [1.807, 2.05) is 6.26 Å². The van der Waals surface area contributed by atoms with Crippen LogP contribution in [-0.2, 0) is 0 Å². The Bertz CT molecular complexity index is 488. The van der Waals surface area contributed by atoms with Gasteiger partial charge in [-0.25, -0.2) is 15.0 Å². The van der Waals surface area contributed by atoms with Crippen LogP contribution in [0.4, 0.5) is 5.95 Å². The number of hydrogen-bond acceptors (Lipinski definition) is 5. The minimum Gasteiger partial charge on any atom is -0.368 e.